The first-order valence-corrected chi connectivity index (χ1v) is 7.34. The van der Waals surface area contributed by atoms with Crippen molar-refractivity contribution in [2.75, 3.05) is 24.2 Å². The maximum atomic E-state index is 11.8. The van der Waals surface area contributed by atoms with E-state index >= 15 is 0 Å². The van der Waals surface area contributed by atoms with E-state index in [1.807, 2.05) is 19.1 Å². The number of piperidine rings is 1. The number of carbonyl (C=O) groups excluding carboxylic acids is 1. The highest BCUT2D eigenvalue weighted by atomic mass is 32.2. The van der Waals surface area contributed by atoms with Crippen LogP contribution in [0.15, 0.2) is 18.3 Å². The molecule has 0 atom stereocenters. The molecule has 0 unspecified atom stereocenters. The molecule has 2 rings (SSSR count). The van der Waals surface area contributed by atoms with Gasteiger partial charge in [0.15, 0.2) is 0 Å². The van der Waals surface area contributed by atoms with Gasteiger partial charge in [-0.15, -0.1) is 11.8 Å². The van der Waals surface area contributed by atoms with Gasteiger partial charge < -0.3 is 10.6 Å². The number of amides is 1. The van der Waals surface area contributed by atoms with E-state index in [1.54, 1.807) is 18.0 Å². The minimum Gasteiger partial charge on any atom is -0.324 e. The molecule has 0 aliphatic carbocycles. The molecule has 1 aliphatic rings. The molecule has 98 valence electrons. The van der Waals surface area contributed by atoms with Crippen LogP contribution in [-0.4, -0.2) is 35.0 Å². The van der Waals surface area contributed by atoms with Gasteiger partial charge in [0.05, 0.1) is 17.6 Å². The number of nitrogens with zero attached hydrogens (tertiary/aromatic N) is 1. The first-order valence-electron chi connectivity index (χ1n) is 6.29. The number of carbonyl (C=O) groups is 1. The smallest absolute Gasteiger partial charge is 0.234 e. The lowest BCUT2D eigenvalue weighted by molar-refractivity contribution is -0.113. The van der Waals surface area contributed by atoms with Crippen molar-refractivity contribution < 1.29 is 4.79 Å². The summed E-state index contributed by atoms with van der Waals surface area (Å²) in [6, 6.07) is 3.78. The van der Waals surface area contributed by atoms with Crippen molar-refractivity contribution in [1.29, 1.82) is 0 Å². The molecule has 1 amide bonds. The fourth-order valence-corrected chi connectivity index (χ4v) is 2.92. The summed E-state index contributed by atoms with van der Waals surface area (Å²) < 4.78 is 0. The van der Waals surface area contributed by atoms with Crippen LogP contribution >= 0.6 is 11.8 Å². The largest absolute Gasteiger partial charge is 0.324 e. The quantitative estimate of drug-likeness (QED) is 0.872. The van der Waals surface area contributed by atoms with Crippen LogP contribution in [0.4, 0.5) is 5.69 Å². The molecule has 0 radical (unpaired) electrons. The van der Waals surface area contributed by atoms with Gasteiger partial charge in [0.1, 0.15) is 0 Å². The Balaban J connectivity index is 1.73. The molecule has 0 bridgehead atoms. The van der Waals surface area contributed by atoms with E-state index in [2.05, 4.69) is 15.6 Å². The topological polar surface area (TPSA) is 54.0 Å². The molecule has 1 fully saturated rings. The van der Waals surface area contributed by atoms with E-state index < -0.39 is 0 Å². The van der Waals surface area contributed by atoms with Crippen molar-refractivity contribution >= 4 is 23.4 Å². The molecule has 1 aliphatic heterocycles. The first-order chi connectivity index (χ1) is 8.74. The Kier molecular flexibility index (Phi) is 5.01. The van der Waals surface area contributed by atoms with E-state index in [1.165, 1.54) is 0 Å². The van der Waals surface area contributed by atoms with Crippen LogP contribution in [-0.2, 0) is 4.79 Å². The molecule has 18 heavy (non-hydrogen) atoms. The van der Waals surface area contributed by atoms with Gasteiger partial charge in [-0.1, -0.05) is 0 Å². The van der Waals surface area contributed by atoms with E-state index in [-0.39, 0.29) is 5.91 Å². The van der Waals surface area contributed by atoms with Gasteiger partial charge in [-0.2, -0.15) is 0 Å². The summed E-state index contributed by atoms with van der Waals surface area (Å²) in [6.45, 7) is 4.07. The van der Waals surface area contributed by atoms with Crippen LogP contribution in [0.5, 0.6) is 0 Å². The predicted molar refractivity (Wildman–Crippen MR) is 76.0 cm³/mol. The highest BCUT2D eigenvalue weighted by Crippen LogP contribution is 2.20. The fourth-order valence-electron chi connectivity index (χ4n) is 1.89. The lowest BCUT2D eigenvalue weighted by atomic mass is 10.2. The molecule has 4 nitrogen and oxygen atoms in total. The van der Waals surface area contributed by atoms with Crippen molar-refractivity contribution in [3.05, 3.63) is 24.0 Å². The van der Waals surface area contributed by atoms with Gasteiger partial charge in [0.2, 0.25) is 5.91 Å². The number of anilines is 1. The van der Waals surface area contributed by atoms with Crippen LogP contribution in [0.1, 0.15) is 18.5 Å². The Bertz CT molecular complexity index is 388. The normalized spacial score (nSPS) is 16.5. The monoisotopic (exact) mass is 265 g/mol. The second-order valence-electron chi connectivity index (χ2n) is 4.50. The van der Waals surface area contributed by atoms with Crippen LogP contribution < -0.4 is 10.6 Å². The maximum absolute atomic E-state index is 11.8. The number of nitrogens with one attached hydrogen (secondary N) is 2. The number of pyridine rings is 1. The van der Waals surface area contributed by atoms with Crippen LogP contribution in [0.25, 0.3) is 0 Å². The SMILES string of the molecule is Cc1ccc(NC(=O)CSC2CCNCC2)cn1. The Morgan fingerprint density at radius 2 is 2.28 bits per heavy atom. The molecule has 0 spiro atoms. The lowest BCUT2D eigenvalue weighted by Gasteiger charge is -2.21. The van der Waals surface area contributed by atoms with E-state index in [0.29, 0.717) is 11.0 Å². The summed E-state index contributed by atoms with van der Waals surface area (Å²) in [5, 5.41) is 6.81. The number of thioether (sulfide) groups is 1. The second kappa shape index (κ2) is 6.75. The summed E-state index contributed by atoms with van der Waals surface area (Å²) in [5.41, 5.74) is 1.73. The summed E-state index contributed by atoms with van der Waals surface area (Å²) in [7, 11) is 0. The molecule has 2 heterocycles. The van der Waals surface area contributed by atoms with Gasteiger partial charge in [0.25, 0.3) is 0 Å². The highest BCUT2D eigenvalue weighted by molar-refractivity contribution is 8.00. The zero-order valence-electron chi connectivity index (χ0n) is 10.6. The third-order valence-corrected chi connectivity index (χ3v) is 4.30. The van der Waals surface area contributed by atoms with E-state index in [4.69, 9.17) is 0 Å². The standard InChI is InChI=1S/C13H19N3OS/c1-10-2-3-11(8-15-10)16-13(17)9-18-12-4-6-14-7-5-12/h2-3,8,12,14H,4-7,9H2,1H3,(H,16,17). The average molecular weight is 265 g/mol. The van der Waals surface area contributed by atoms with Gasteiger partial charge >= 0.3 is 0 Å². The maximum Gasteiger partial charge on any atom is 0.234 e. The first kappa shape index (κ1) is 13.4. The molecule has 1 aromatic heterocycles. The number of aryl methyl sites for hydroxylation is 1. The fraction of sp³-hybridized carbons (Fsp3) is 0.538. The zero-order chi connectivity index (χ0) is 12.8. The summed E-state index contributed by atoms with van der Waals surface area (Å²) >= 11 is 1.76. The lowest BCUT2D eigenvalue weighted by Crippen LogP contribution is -2.30. The average Bonchev–Trinajstić information content (AvgIpc) is 2.40. The summed E-state index contributed by atoms with van der Waals surface area (Å²) in [6.07, 6.45) is 4.01. The molecule has 2 N–H and O–H groups in total. The van der Waals surface area contributed by atoms with Gasteiger partial charge in [-0.05, 0) is 45.0 Å². The molecular formula is C13H19N3OS. The Morgan fingerprint density at radius 1 is 1.50 bits per heavy atom. The minimum atomic E-state index is 0.0594. The molecule has 0 aromatic carbocycles. The molecule has 5 heteroatoms. The number of hydrogen-bond donors (Lipinski definition) is 2. The Morgan fingerprint density at radius 3 is 2.94 bits per heavy atom. The van der Waals surface area contributed by atoms with E-state index in [0.717, 1.165) is 37.3 Å². The molecule has 1 aromatic rings. The zero-order valence-corrected chi connectivity index (χ0v) is 11.4. The number of rotatable bonds is 4. The van der Waals surface area contributed by atoms with Gasteiger partial charge in [-0.3, -0.25) is 9.78 Å². The van der Waals surface area contributed by atoms with Gasteiger partial charge in [-0.25, -0.2) is 0 Å². The predicted octanol–water partition coefficient (Wildman–Crippen LogP) is 1.81. The summed E-state index contributed by atoms with van der Waals surface area (Å²) in [5.74, 6) is 0.586. The third kappa shape index (κ3) is 4.31. The number of hydrogen-bond acceptors (Lipinski definition) is 4. The summed E-state index contributed by atoms with van der Waals surface area (Å²) in [4.78, 5) is 15.9. The second-order valence-corrected chi connectivity index (χ2v) is 5.79. The van der Waals surface area contributed by atoms with Crippen molar-refractivity contribution in [2.24, 2.45) is 0 Å². The van der Waals surface area contributed by atoms with Crippen LogP contribution in [0.3, 0.4) is 0 Å². The minimum absolute atomic E-state index is 0.0594. The molecular weight excluding hydrogens is 246 g/mol. The van der Waals surface area contributed by atoms with Crippen molar-refractivity contribution in [3.63, 3.8) is 0 Å². The van der Waals surface area contributed by atoms with Crippen LogP contribution in [0.2, 0.25) is 0 Å². The Labute approximate surface area is 112 Å². The van der Waals surface area contributed by atoms with E-state index in [9.17, 15) is 4.79 Å². The van der Waals surface area contributed by atoms with Crippen LogP contribution in [0, 0.1) is 6.92 Å². The molecule has 1 saturated heterocycles. The highest BCUT2D eigenvalue weighted by Gasteiger charge is 2.14. The van der Waals surface area contributed by atoms with Gasteiger partial charge in [0, 0.05) is 10.9 Å². The molecule has 0 saturated carbocycles. The Hall–Kier alpha value is -1.07. The number of aromatic nitrogens is 1. The third-order valence-electron chi connectivity index (χ3n) is 2.93. The van der Waals surface area contributed by atoms with Crippen molar-refractivity contribution in [3.8, 4) is 0 Å². The van der Waals surface area contributed by atoms with Crippen molar-refractivity contribution in [1.82, 2.24) is 10.3 Å². The van der Waals surface area contributed by atoms with Crippen molar-refractivity contribution in [2.45, 2.75) is 25.0 Å².